The molecule has 1 aliphatic carbocycles. The smallest absolute Gasteiger partial charge is 0.230 e. The number of para-hydroxylation sites is 1. The zero-order chi connectivity index (χ0) is 20.8. The van der Waals surface area contributed by atoms with Crippen LogP contribution in [0, 0.1) is 11.7 Å². The van der Waals surface area contributed by atoms with Gasteiger partial charge in [-0.25, -0.2) is 4.39 Å². The van der Waals surface area contributed by atoms with Gasteiger partial charge in [-0.2, -0.15) is 0 Å². The van der Waals surface area contributed by atoms with Crippen LogP contribution in [0.15, 0.2) is 42.6 Å². The summed E-state index contributed by atoms with van der Waals surface area (Å²) in [5.74, 6) is 0.546. The number of ether oxygens (including phenoxy) is 1. The van der Waals surface area contributed by atoms with Crippen LogP contribution in [-0.4, -0.2) is 26.9 Å². The largest absolute Gasteiger partial charge is 0.453 e. The van der Waals surface area contributed by atoms with Crippen molar-refractivity contribution in [1.29, 1.82) is 0 Å². The van der Waals surface area contributed by atoms with Gasteiger partial charge in [-0.05, 0) is 56.9 Å². The summed E-state index contributed by atoms with van der Waals surface area (Å²) in [6, 6.07) is 10.3. The molecule has 1 aliphatic heterocycles. The van der Waals surface area contributed by atoms with Crippen LogP contribution in [0.4, 0.5) is 10.1 Å². The second-order valence-electron chi connectivity index (χ2n) is 8.12. The lowest BCUT2D eigenvalue weighted by atomic mass is 9.92. The Labute approximate surface area is 174 Å². The topological polar surface area (TPSA) is 60.2 Å². The zero-order valence-corrected chi connectivity index (χ0v) is 17.0. The standard InChI is InChI=1S/C23H23FN4O2/c1-14-7-10-17-20(28(14)23(29)15-8-9-15)12-11-16(19-13-27(2)26-25-19)22(17)30-21-6-4-3-5-18(21)24/h3-6,11-15H,7-10H2,1-2H3/t14-/m0/s1. The van der Waals surface area contributed by atoms with Crippen molar-refractivity contribution in [2.75, 3.05) is 4.90 Å². The molecule has 1 aromatic heterocycles. The van der Waals surface area contributed by atoms with Gasteiger partial charge >= 0.3 is 0 Å². The van der Waals surface area contributed by atoms with E-state index in [1.165, 1.54) is 6.07 Å². The maximum atomic E-state index is 14.4. The van der Waals surface area contributed by atoms with Gasteiger partial charge in [0.25, 0.3) is 0 Å². The molecule has 1 saturated carbocycles. The number of halogens is 1. The summed E-state index contributed by atoms with van der Waals surface area (Å²) >= 11 is 0. The summed E-state index contributed by atoms with van der Waals surface area (Å²) in [5.41, 5.74) is 3.14. The van der Waals surface area contributed by atoms with E-state index in [0.717, 1.165) is 42.5 Å². The summed E-state index contributed by atoms with van der Waals surface area (Å²) in [6.45, 7) is 2.08. The van der Waals surface area contributed by atoms with Gasteiger partial charge in [0.15, 0.2) is 11.6 Å². The molecule has 1 amide bonds. The van der Waals surface area contributed by atoms with Crippen molar-refractivity contribution in [2.45, 2.75) is 38.6 Å². The van der Waals surface area contributed by atoms with Gasteiger partial charge in [0.1, 0.15) is 11.4 Å². The van der Waals surface area contributed by atoms with Crippen LogP contribution in [-0.2, 0) is 18.3 Å². The Morgan fingerprint density at radius 1 is 1.17 bits per heavy atom. The molecule has 0 spiro atoms. The Bertz CT molecular complexity index is 1120. The lowest BCUT2D eigenvalue weighted by Gasteiger charge is -2.36. The maximum absolute atomic E-state index is 14.4. The quantitative estimate of drug-likeness (QED) is 0.641. The van der Waals surface area contributed by atoms with E-state index in [4.69, 9.17) is 4.74 Å². The Morgan fingerprint density at radius 3 is 2.67 bits per heavy atom. The van der Waals surface area contributed by atoms with Gasteiger partial charge in [0.2, 0.25) is 5.91 Å². The lowest BCUT2D eigenvalue weighted by Crippen LogP contribution is -2.43. The predicted molar refractivity (Wildman–Crippen MR) is 111 cm³/mol. The number of anilines is 1. The van der Waals surface area contributed by atoms with Crippen molar-refractivity contribution < 1.29 is 13.9 Å². The van der Waals surface area contributed by atoms with E-state index < -0.39 is 5.82 Å². The third-order valence-corrected chi connectivity index (χ3v) is 5.84. The van der Waals surface area contributed by atoms with Gasteiger partial charge in [-0.1, -0.05) is 17.3 Å². The average molecular weight is 406 g/mol. The Balaban J connectivity index is 1.67. The number of nitrogens with zero attached hydrogens (tertiary/aromatic N) is 4. The fourth-order valence-electron chi connectivity index (χ4n) is 4.09. The van der Waals surface area contributed by atoms with Crippen LogP contribution in [0.5, 0.6) is 11.5 Å². The third kappa shape index (κ3) is 3.24. The van der Waals surface area contributed by atoms with E-state index in [0.29, 0.717) is 11.4 Å². The first-order chi connectivity index (χ1) is 14.5. The van der Waals surface area contributed by atoms with Crippen molar-refractivity contribution in [3.05, 3.63) is 54.0 Å². The molecule has 0 radical (unpaired) electrons. The molecular weight excluding hydrogens is 383 g/mol. The van der Waals surface area contributed by atoms with E-state index in [-0.39, 0.29) is 23.6 Å². The van der Waals surface area contributed by atoms with Crippen LogP contribution in [0.3, 0.4) is 0 Å². The van der Waals surface area contributed by atoms with E-state index in [1.54, 1.807) is 36.1 Å². The molecule has 0 saturated heterocycles. The molecule has 154 valence electrons. The summed E-state index contributed by atoms with van der Waals surface area (Å²) in [7, 11) is 1.80. The normalized spacial score (nSPS) is 18.2. The van der Waals surface area contributed by atoms with Crippen LogP contribution in [0.25, 0.3) is 11.3 Å². The molecule has 30 heavy (non-hydrogen) atoms. The van der Waals surface area contributed by atoms with Crippen LogP contribution >= 0.6 is 0 Å². The highest BCUT2D eigenvalue weighted by Crippen LogP contribution is 2.46. The molecule has 2 heterocycles. The molecule has 0 unspecified atom stereocenters. The number of aromatic nitrogens is 3. The Kier molecular flexibility index (Phi) is 4.53. The van der Waals surface area contributed by atoms with Crippen molar-refractivity contribution in [1.82, 2.24) is 15.0 Å². The summed E-state index contributed by atoms with van der Waals surface area (Å²) in [6.07, 6.45) is 5.27. The molecular formula is C23H23FN4O2. The van der Waals surface area contributed by atoms with Crippen molar-refractivity contribution >= 4 is 11.6 Å². The summed E-state index contributed by atoms with van der Waals surface area (Å²) < 4.78 is 22.2. The molecule has 0 bridgehead atoms. The minimum absolute atomic E-state index is 0.119. The number of fused-ring (bicyclic) bond motifs is 1. The molecule has 3 aromatic rings. The first kappa shape index (κ1) is 18.8. The Morgan fingerprint density at radius 2 is 1.97 bits per heavy atom. The van der Waals surface area contributed by atoms with Gasteiger partial charge in [-0.3, -0.25) is 9.48 Å². The SMILES string of the molecule is C[C@H]1CCc2c(ccc(-c3cn(C)nn3)c2Oc2ccccc2F)N1C(=O)C1CC1. The number of aryl methyl sites for hydroxylation is 1. The minimum Gasteiger partial charge on any atom is -0.453 e. The molecule has 1 fully saturated rings. The van der Waals surface area contributed by atoms with Crippen molar-refractivity contribution in [3.8, 4) is 22.8 Å². The average Bonchev–Trinajstić information content (AvgIpc) is 3.50. The third-order valence-electron chi connectivity index (χ3n) is 5.84. The van der Waals surface area contributed by atoms with E-state index in [2.05, 4.69) is 17.2 Å². The van der Waals surface area contributed by atoms with Crippen LogP contribution in [0.1, 0.15) is 31.7 Å². The van der Waals surface area contributed by atoms with E-state index >= 15 is 0 Å². The number of benzene rings is 2. The second kappa shape index (κ2) is 7.23. The number of hydrogen-bond donors (Lipinski definition) is 0. The number of carbonyl (C=O) groups excluding carboxylic acids is 1. The molecule has 2 aromatic carbocycles. The molecule has 0 N–H and O–H groups in total. The zero-order valence-electron chi connectivity index (χ0n) is 17.0. The second-order valence-corrected chi connectivity index (χ2v) is 8.12. The Hall–Kier alpha value is -3.22. The summed E-state index contributed by atoms with van der Waals surface area (Å²) in [4.78, 5) is 14.9. The van der Waals surface area contributed by atoms with Crippen LogP contribution < -0.4 is 9.64 Å². The lowest BCUT2D eigenvalue weighted by molar-refractivity contribution is -0.120. The maximum Gasteiger partial charge on any atom is 0.230 e. The number of rotatable bonds is 4. The number of carbonyl (C=O) groups is 1. The highest BCUT2D eigenvalue weighted by Gasteiger charge is 2.39. The fourth-order valence-corrected chi connectivity index (χ4v) is 4.09. The number of hydrogen-bond acceptors (Lipinski definition) is 4. The van der Waals surface area contributed by atoms with Crippen LogP contribution in [0.2, 0.25) is 0 Å². The highest BCUT2D eigenvalue weighted by atomic mass is 19.1. The van der Waals surface area contributed by atoms with Gasteiger partial charge in [0.05, 0.1) is 11.9 Å². The van der Waals surface area contributed by atoms with Gasteiger partial charge in [-0.15, -0.1) is 5.10 Å². The van der Waals surface area contributed by atoms with Gasteiger partial charge < -0.3 is 9.64 Å². The van der Waals surface area contributed by atoms with E-state index in [9.17, 15) is 9.18 Å². The first-order valence-corrected chi connectivity index (χ1v) is 10.3. The van der Waals surface area contributed by atoms with Crippen molar-refractivity contribution in [3.63, 3.8) is 0 Å². The molecule has 7 heteroatoms. The van der Waals surface area contributed by atoms with Gasteiger partial charge in [0, 0.05) is 30.1 Å². The van der Waals surface area contributed by atoms with E-state index in [1.807, 2.05) is 17.0 Å². The predicted octanol–water partition coefficient (Wildman–Crippen LogP) is 4.49. The highest BCUT2D eigenvalue weighted by molar-refractivity contribution is 5.99. The number of amides is 1. The fraction of sp³-hybridized carbons (Fsp3) is 0.348. The monoisotopic (exact) mass is 406 g/mol. The minimum atomic E-state index is -0.435. The van der Waals surface area contributed by atoms with Crippen molar-refractivity contribution in [2.24, 2.45) is 13.0 Å². The first-order valence-electron chi connectivity index (χ1n) is 10.3. The molecule has 5 rings (SSSR count). The summed E-state index contributed by atoms with van der Waals surface area (Å²) in [5, 5.41) is 8.26. The molecule has 6 nitrogen and oxygen atoms in total. The molecule has 1 atom stereocenters. The molecule has 2 aliphatic rings.